The maximum Gasteiger partial charge on any atom is 0.271 e. The second-order valence-corrected chi connectivity index (χ2v) is 4.41. The molecule has 1 aromatic carbocycles. The van der Waals surface area contributed by atoms with Gasteiger partial charge in [0.15, 0.2) is 0 Å². The van der Waals surface area contributed by atoms with E-state index in [0.29, 0.717) is 23.5 Å². The molecule has 4 nitrogen and oxygen atoms in total. The number of amides is 1. The Labute approximate surface area is 120 Å². The summed E-state index contributed by atoms with van der Waals surface area (Å²) in [6.07, 6.45) is 0. The molecule has 102 valence electrons. The van der Waals surface area contributed by atoms with Crippen LogP contribution in [0.4, 0.5) is 4.39 Å². The van der Waals surface area contributed by atoms with E-state index < -0.39 is 0 Å². The van der Waals surface area contributed by atoms with Crippen LogP contribution in [0.3, 0.4) is 0 Å². The first-order chi connectivity index (χ1) is 8.74. The lowest BCUT2D eigenvalue weighted by Gasteiger charge is -2.04. The lowest BCUT2D eigenvalue weighted by molar-refractivity contribution is 0.0951. The number of carbonyl (C=O) groups excluding carboxylic acids is 1. The van der Waals surface area contributed by atoms with Crippen molar-refractivity contribution in [1.29, 1.82) is 0 Å². The van der Waals surface area contributed by atoms with Crippen molar-refractivity contribution >= 4 is 29.7 Å². The molecule has 0 aliphatic rings. The van der Waals surface area contributed by atoms with Gasteiger partial charge in [-0.25, -0.2) is 9.37 Å². The molecule has 0 aliphatic carbocycles. The van der Waals surface area contributed by atoms with E-state index in [4.69, 9.17) is 5.73 Å². The number of thiazole rings is 1. The summed E-state index contributed by atoms with van der Waals surface area (Å²) in [5.41, 5.74) is 7.46. The van der Waals surface area contributed by atoms with E-state index in [1.54, 1.807) is 18.2 Å². The zero-order valence-corrected chi connectivity index (χ0v) is 11.6. The number of nitrogens with two attached hydrogens (primary N) is 1. The molecular formula is C12H13ClFN3OS. The highest BCUT2D eigenvalue weighted by molar-refractivity contribution is 7.13. The normalized spacial score (nSPS) is 9.79. The molecule has 0 radical (unpaired) electrons. The monoisotopic (exact) mass is 301 g/mol. The number of halogens is 2. The predicted octanol–water partition coefficient (Wildman–Crippen LogP) is 2.06. The molecule has 0 atom stereocenters. The number of benzene rings is 1. The van der Waals surface area contributed by atoms with Gasteiger partial charge in [0.05, 0.1) is 10.4 Å². The molecule has 0 saturated heterocycles. The lowest BCUT2D eigenvalue weighted by Crippen LogP contribution is -2.29. The van der Waals surface area contributed by atoms with Gasteiger partial charge in [0, 0.05) is 18.7 Å². The first-order valence-corrected chi connectivity index (χ1v) is 6.28. The zero-order chi connectivity index (χ0) is 13.0. The van der Waals surface area contributed by atoms with E-state index in [1.807, 2.05) is 0 Å². The van der Waals surface area contributed by atoms with E-state index in [9.17, 15) is 9.18 Å². The third kappa shape index (κ3) is 3.50. The van der Waals surface area contributed by atoms with Crippen molar-refractivity contribution in [3.8, 4) is 10.4 Å². The number of hydrogen-bond donors (Lipinski definition) is 2. The van der Waals surface area contributed by atoms with Gasteiger partial charge >= 0.3 is 0 Å². The van der Waals surface area contributed by atoms with Crippen LogP contribution in [0.15, 0.2) is 29.8 Å². The van der Waals surface area contributed by atoms with Crippen LogP contribution in [0.5, 0.6) is 0 Å². The Hall–Kier alpha value is -1.50. The smallest absolute Gasteiger partial charge is 0.271 e. The number of nitrogens with zero attached hydrogens (tertiary/aromatic N) is 1. The third-order valence-corrected chi connectivity index (χ3v) is 3.19. The lowest BCUT2D eigenvalue weighted by atomic mass is 10.1. The minimum Gasteiger partial charge on any atom is -0.349 e. The average Bonchev–Trinajstić information content (AvgIpc) is 2.85. The number of carbonyl (C=O) groups is 1. The van der Waals surface area contributed by atoms with Crippen LogP contribution in [-0.4, -0.2) is 24.0 Å². The van der Waals surface area contributed by atoms with Gasteiger partial charge < -0.3 is 11.1 Å². The van der Waals surface area contributed by atoms with Crippen molar-refractivity contribution in [2.45, 2.75) is 0 Å². The summed E-state index contributed by atoms with van der Waals surface area (Å²) in [5.74, 6) is -0.699. The second kappa shape index (κ2) is 7.18. The second-order valence-electron chi connectivity index (χ2n) is 3.55. The Morgan fingerprint density at radius 3 is 2.84 bits per heavy atom. The van der Waals surface area contributed by atoms with Crippen LogP contribution in [0.1, 0.15) is 10.5 Å². The summed E-state index contributed by atoms with van der Waals surface area (Å²) >= 11 is 1.24. The summed E-state index contributed by atoms with van der Waals surface area (Å²) in [6, 6.07) is 6.31. The summed E-state index contributed by atoms with van der Waals surface area (Å²) in [5, 5.41) is 2.62. The fraction of sp³-hybridized carbons (Fsp3) is 0.167. The maximum absolute atomic E-state index is 13.7. The molecule has 2 aromatic rings. The van der Waals surface area contributed by atoms with Crippen LogP contribution < -0.4 is 11.1 Å². The van der Waals surface area contributed by atoms with Gasteiger partial charge in [-0.15, -0.1) is 23.7 Å². The molecule has 0 aliphatic heterocycles. The molecule has 19 heavy (non-hydrogen) atoms. The first kappa shape index (κ1) is 15.6. The molecule has 1 amide bonds. The minimum atomic E-state index is -0.366. The topological polar surface area (TPSA) is 68.0 Å². The van der Waals surface area contributed by atoms with E-state index in [1.165, 1.54) is 22.9 Å². The summed E-state index contributed by atoms with van der Waals surface area (Å²) in [7, 11) is 0. The first-order valence-electron chi connectivity index (χ1n) is 5.40. The van der Waals surface area contributed by atoms with E-state index in [2.05, 4.69) is 10.3 Å². The van der Waals surface area contributed by atoms with E-state index in [-0.39, 0.29) is 29.8 Å². The highest BCUT2D eigenvalue weighted by atomic mass is 35.5. The Kier molecular flexibility index (Phi) is 5.88. The highest BCUT2D eigenvalue weighted by Gasteiger charge is 2.17. The van der Waals surface area contributed by atoms with Crippen LogP contribution >= 0.6 is 23.7 Å². The molecule has 1 aromatic heterocycles. The largest absolute Gasteiger partial charge is 0.349 e. The fourth-order valence-corrected chi connectivity index (χ4v) is 2.33. The van der Waals surface area contributed by atoms with Crippen LogP contribution in [0, 0.1) is 5.82 Å². The van der Waals surface area contributed by atoms with Crippen LogP contribution in [0.2, 0.25) is 0 Å². The number of nitrogens with one attached hydrogen (secondary N) is 1. The Morgan fingerprint density at radius 1 is 1.42 bits per heavy atom. The standard InChI is InChI=1S/C12H12FN3OS.ClH/c13-9-4-2-1-3-8(9)11-10(16-7-18-11)12(17)15-6-5-14;/h1-4,7H,5-6,14H2,(H,15,17);1H. The third-order valence-electron chi connectivity index (χ3n) is 2.33. The Balaban J connectivity index is 0.00000180. The molecule has 7 heteroatoms. The number of hydrogen-bond acceptors (Lipinski definition) is 4. The average molecular weight is 302 g/mol. The van der Waals surface area contributed by atoms with Crippen LogP contribution in [-0.2, 0) is 0 Å². The molecule has 0 fully saturated rings. The molecule has 3 N–H and O–H groups in total. The van der Waals surface area contributed by atoms with Crippen molar-refractivity contribution in [3.63, 3.8) is 0 Å². The predicted molar refractivity (Wildman–Crippen MR) is 76.1 cm³/mol. The van der Waals surface area contributed by atoms with Crippen LogP contribution in [0.25, 0.3) is 10.4 Å². The minimum absolute atomic E-state index is 0. The van der Waals surface area contributed by atoms with Crippen molar-refractivity contribution < 1.29 is 9.18 Å². The molecule has 0 unspecified atom stereocenters. The Morgan fingerprint density at radius 2 is 2.16 bits per heavy atom. The van der Waals surface area contributed by atoms with Gasteiger partial charge in [-0.2, -0.15) is 0 Å². The van der Waals surface area contributed by atoms with Crippen molar-refractivity contribution in [2.75, 3.05) is 13.1 Å². The summed E-state index contributed by atoms with van der Waals surface area (Å²) in [4.78, 5) is 16.3. The Bertz CT molecular complexity index is 561. The van der Waals surface area contributed by atoms with Crippen molar-refractivity contribution in [1.82, 2.24) is 10.3 Å². The van der Waals surface area contributed by atoms with Crippen molar-refractivity contribution in [3.05, 3.63) is 41.3 Å². The molecular weight excluding hydrogens is 289 g/mol. The highest BCUT2D eigenvalue weighted by Crippen LogP contribution is 2.29. The molecule has 1 heterocycles. The van der Waals surface area contributed by atoms with Gasteiger partial charge in [0.2, 0.25) is 0 Å². The molecule has 0 saturated carbocycles. The molecule has 0 bridgehead atoms. The quantitative estimate of drug-likeness (QED) is 0.908. The van der Waals surface area contributed by atoms with Gasteiger partial charge in [0.25, 0.3) is 5.91 Å². The summed E-state index contributed by atoms with van der Waals surface area (Å²) in [6.45, 7) is 0.720. The van der Waals surface area contributed by atoms with Gasteiger partial charge in [-0.1, -0.05) is 18.2 Å². The number of aromatic nitrogens is 1. The van der Waals surface area contributed by atoms with Gasteiger partial charge in [-0.05, 0) is 6.07 Å². The van der Waals surface area contributed by atoms with E-state index >= 15 is 0 Å². The number of rotatable bonds is 4. The van der Waals surface area contributed by atoms with E-state index in [0.717, 1.165) is 0 Å². The zero-order valence-electron chi connectivity index (χ0n) is 9.93. The van der Waals surface area contributed by atoms with Gasteiger partial charge in [-0.3, -0.25) is 4.79 Å². The molecule has 0 spiro atoms. The SMILES string of the molecule is Cl.NCCNC(=O)c1ncsc1-c1ccccc1F. The van der Waals surface area contributed by atoms with Crippen molar-refractivity contribution in [2.24, 2.45) is 5.73 Å². The molecule has 2 rings (SSSR count). The fourth-order valence-electron chi connectivity index (χ4n) is 1.51. The van der Waals surface area contributed by atoms with Gasteiger partial charge in [0.1, 0.15) is 11.5 Å². The maximum atomic E-state index is 13.7. The summed E-state index contributed by atoms with van der Waals surface area (Å²) < 4.78 is 13.7.